The van der Waals surface area contributed by atoms with Gasteiger partial charge in [-0.15, -0.1) is 0 Å². The van der Waals surface area contributed by atoms with Crippen LogP contribution in [0, 0.1) is 5.92 Å². The molecule has 1 heterocycles. The van der Waals surface area contributed by atoms with Crippen LogP contribution >= 0.6 is 0 Å². The van der Waals surface area contributed by atoms with Gasteiger partial charge >= 0.3 is 0 Å². The number of carbonyl (C=O) groups excluding carboxylic acids is 2. The van der Waals surface area contributed by atoms with Gasteiger partial charge in [0, 0.05) is 38.2 Å². The Kier molecular flexibility index (Phi) is 8.92. The molecule has 5 nitrogen and oxygen atoms in total. The van der Waals surface area contributed by atoms with Crippen LogP contribution in [0.5, 0.6) is 5.75 Å². The molecule has 36 heavy (non-hydrogen) atoms. The van der Waals surface area contributed by atoms with Crippen LogP contribution in [0.4, 0.5) is 0 Å². The zero-order valence-electron chi connectivity index (χ0n) is 20.9. The summed E-state index contributed by atoms with van der Waals surface area (Å²) in [5.74, 6) is 0.955. The molecule has 1 fully saturated rings. The molecule has 0 bridgehead atoms. The second-order valence-electron chi connectivity index (χ2n) is 9.11. The molecule has 0 unspecified atom stereocenters. The largest absolute Gasteiger partial charge is 0.489 e. The zero-order chi connectivity index (χ0) is 25.2. The van der Waals surface area contributed by atoms with Crippen LogP contribution in [0.1, 0.15) is 36.5 Å². The van der Waals surface area contributed by atoms with E-state index < -0.39 is 0 Å². The van der Waals surface area contributed by atoms with Crippen molar-refractivity contribution in [1.29, 1.82) is 0 Å². The maximum atomic E-state index is 13.2. The van der Waals surface area contributed by atoms with Crippen molar-refractivity contribution in [3.8, 4) is 5.75 Å². The Balaban J connectivity index is 1.25. The van der Waals surface area contributed by atoms with Gasteiger partial charge in [-0.25, -0.2) is 0 Å². The Hall–Kier alpha value is -3.86. The average molecular weight is 483 g/mol. The predicted molar refractivity (Wildman–Crippen MR) is 143 cm³/mol. The molecule has 5 heteroatoms. The summed E-state index contributed by atoms with van der Waals surface area (Å²) in [6.45, 7) is 5.00. The van der Waals surface area contributed by atoms with Crippen molar-refractivity contribution in [2.75, 3.05) is 19.6 Å². The van der Waals surface area contributed by atoms with Gasteiger partial charge in [-0.1, -0.05) is 72.8 Å². The summed E-state index contributed by atoms with van der Waals surface area (Å²) in [6, 6.07) is 27.9. The van der Waals surface area contributed by atoms with Crippen LogP contribution in [0.2, 0.25) is 0 Å². The highest BCUT2D eigenvalue weighted by atomic mass is 16.5. The van der Waals surface area contributed by atoms with Crippen molar-refractivity contribution < 1.29 is 14.3 Å². The molecular formula is C31H34N2O3. The molecule has 0 radical (unpaired) electrons. The SMILES string of the molecule is CCN(Cc1ccc(OCc2ccccc2)cc1)C(=O)C1CCN(C(=O)/C=C/c2ccccc2)CC1. The van der Waals surface area contributed by atoms with Gasteiger partial charge in [0.15, 0.2) is 0 Å². The summed E-state index contributed by atoms with van der Waals surface area (Å²) in [5, 5.41) is 0. The number of piperidine rings is 1. The maximum Gasteiger partial charge on any atom is 0.246 e. The lowest BCUT2D eigenvalue weighted by atomic mass is 9.95. The summed E-state index contributed by atoms with van der Waals surface area (Å²) in [5.41, 5.74) is 3.21. The number of ether oxygens (including phenoxy) is 1. The Morgan fingerprint density at radius 2 is 1.53 bits per heavy atom. The number of rotatable bonds is 9. The molecule has 1 saturated heterocycles. The van der Waals surface area contributed by atoms with E-state index in [-0.39, 0.29) is 17.7 Å². The maximum absolute atomic E-state index is 13.2. The minimum Gasteiger partial charge on any atom is -0.489 e. The van der Waals surface area contributed by atoms with Crippen molar-refractivity contribution in [2.45, 2.75) is 32.9 Å². The third-order valence-corrected chi connectivity index (χ3v) is 6.61. The summed E-state index contributed by atoms with van der Waals surface area (Å²) in [4.78, 5) is 29.6. The number of amides is 2. The number of benzene rings is 3. The fraction of sp³-hybridized carbons (Fsp3) is 0.290. The predicted octanol–water partition coefficient (Wildman–Crippen LogP) is 5.57. The summed E-state index contributed by atoms with van der Waals surface area (Å²) < 4.78 is 5.88. The van der Waals surface area contributed by atoms with Gasteiger partial charge in [-0.05, 0) is 54.7 Å². The van der Waals surface area contributed by atoms with E-state index in [0.29, 0.717) is 45.6 Å². The highest BCUT2D eigenvalue weighted by Crippen LogP contribution is 2.22. The third-order valence-electron chi connectivity index (χ3n) is 6.61. The minimum absolute atomic E-state index is 0.00618. The molecule has 0 spiro atoms. The second-order valence-corrected chi connectivity index (χ2v) is 9.11. The first-order valence-corrected chi connectivity index (χ1v) is 12.7. The summed E-state index contributed by atoms with van der Waals surface area (Å²) in [6.07, 6.45) is 4.87. The molecule has 4 rings (SSSR count). The van der Waals surface area contributed by atoms with Gasteiger partial charge < -0.3 is 14.5 Å². The van der Waals surface area contributed by atoms with Gasteiger partial charge in [-0.2, -0.15) is 0 Å². The van der Waals surface area contributed by atoms with Gasteiger partial charge in [0.1, 0.15) is 12.4 Å². The topological polar surface area (TPSA) is 49.9 Å². The van der Waals surface area contributed by atoms with E-state index in [9.17, 15) is 9.59 Å². The first kappa shape index (κ1) is 25.2. The minimum atomic E-state index is -0.0411. The Morgan fingerprint density at radius 1 is 0.889 bits per heavy atom. The molecule has 2 amide bonds. The molecule has 3 aromatic carbocycles. The molecule has 0 aliphatic carbocycles. The molecular weight excluding hydrogens is 448 g/mol. The molecule has 0 atom stereocenters. The lowest BCUT2D eigenvalue weighted by Crippen LogP contribution is -2.43. The first-order chi connectivity index (χ1) is 17.6. The highest BCUT2D eigenvalue weighted by Gasteiger charge is 2.29. The van der Waals surface area contributed by atoms with E-state index >= 15 is 0 Å². The third kappa shape index (κ3) is 7.08. The summed E-state index contributed by atoms with van der Waals surface area (Å²) >= 11 is 0. The Morgan fingerprint density at radius 3 is 2.17 bits per heavy atom. The average Bonchev–Trinajstić information content (AvgIpc) is 2.95. The highest BCUT2D eigenvalue weighted by molar-refractivity contribution is 5.92. The number of hydrogen-bond acceptors (Lipinski definition) is 3. The molecule has 3 aromatic rings. The zero-order valence-corrected chi connectivity index (χ0v) is 20.9. The number of likely N-dealkylation sites (tertiary alicyclic amines) is 1. The molecule has 0 saturated carbocycles. The molecule has 1 aliphatic heterocycles. The van der Waals surface area contributed by atoms with E-state index in [4.69, 9.17) is 4.74 Å². The van der Waals surface area contributed by atoms with E-state index in [0.717, 1.165) is 22.4 Å². The lowest BCUT2D eigenvalue weighted by molar-refractivity contribution is -0.139. The van der Waals surface area contributed by atoms with Crippen molar-refractivity contribution >= 4 is 17.9 Å². The fourth-order valence-corrected chi connectivity index (χ4v) is 4.44. The molecule has 186 valence electrons. The van der Waals surface area contributed by atoms with Gasteiger partial charge in [0.2, 0.25) is 11.8 Å². The van der Waals surface area contributed by atoms with E-state index in [2.05, 4.69) is 0 Å². The molecule has 0 N–H and O–H groups in total. The van der Waals surface area contributed by atoms with Crippen molar-refractivity contribution in [1.82, 2.24) is 9.80 Å². The van der Waals surface area contributed by atoms with Gasteiger partial charge in [0.05, 0.1) is 0 Å². The normalized spacial score (nSPS) is 14.1. The number of nitrogens with zero attached hydrogens (tertiary/aromatic N) is 2. The lowest BCUT2D eigenvalue weighted by Gasteiger charge is -2.33. The van der Waals surface area contributed by atoms with Crippen LogP contribution in [0.3, 0.4) is 0 Å². The van der Waals surface area contributed by atoms with Crippen LogP contribution in [0.25, 0.3) is 6.08 Å². The van der Waals surface area contributed by atoms with E-state index in [1.54, 1.807) is 6.08 Å². The van der Waals surface area contributed by atoms with Gasteiger partial charge in [0.25, 0.3) is 0 Å². The number of hydrogen-bond donors (Lipinski definition) is 0. The van der Waals surface area contributed by atoms with Crippen molar-refractivity contribution in [3.05, 3.63) is 108 Å². The summed E-state index contributed by atoms with van der Waals surface area (Å²) in [7, 11) is 0. The van der Waals surface area contributed by atoms with Crippen LogP contribution in [-0.2, 0) is 22.7 Å². The standard InChI is InChI=1S/C31H34N2O3/c1-2-32(23-26-13-16-29(17-14-26)36-24-27-11-7-4-8-12-27)31(35)28-19-21-33(22-20-28)30(34)18-15-25-9-5-3-6-10-25/h3-18,28H,2,19-24H2,1H3/b18-15+. The van der Waals surface area contributed by atoms with Crippen molar-refractivity contribution in [3.63, 3.8) is 0 Å². The van der Waals surface area contributed by atoms with Crippen LogP contribution in [0.15, 0.2) is 91.0 Å². The molecule has 1 aliphatic rings. The second kappa shape index (κ2) is 12.7. The monoisotopic (exact) mass is 482 g/mol. The quantitative estimate of drug-likeness (QED) is 0.375. The first-order valence-electron chi connectivity index (χ1n) is 12.7. The van der Waals surface area contributed by atoms with Crippen LogP contribution in [-0.4, -0.2) is 41.2 Å². The Labute approximate surface area is 214 Å². The van der Waals surface area contributed by atoms with Crippen molar-refractivity contribution in [2.24, 2.45) is 5.92 Å². The van der Waals surface area contributed by atoms with Gasteiger partial charge in [-0.3, -0.25) is 9.59 Å². The fourth-order valence-electron chi connectivity index (χ4n) is 4.44. The van der Waals surface area contributed by atoms with Crippen LogP contribution < -0.4 is 4.74 Å². The van der Waals surface area contributed by atoms with E-state index in [1.807, 2.05) is 108 Å². The molecule has 0 aromatic heterocycles. The Bertz CT molecular complexity index is 1140. The number of carbonyl (C=O) groups is 2. The van der Waals surface area contributed by atoms with E-state index in [1.165, 1.54) is 0 Å². The smallest absolute Gasteiger partial charge is 0.246 e.